The molecule has 10 nitrogen and oxygen atoms in total. The van der Waals surface area contributed by atoms with Gasteiger partial charge < -0.3 is 24.4 Å². The van der Waals surface area contributed by atoms with Gasteiger partial charge in [-0.1, -0.05) is 35.9 Å². The largest absolute Gasteiger partial charge is 0.487 e. The molecule has 1 fully saturated rings. The van der Waals surface area contributed by atoms with Gasteiger partial charge in [0.25, 0.3) is 5.91 Å². The molecular weight excluding hydrogens is 654 g/mol. The number of nitrogens with zero attached hydrogens (tertiary/aromatic N) is 2. The molecule has 0 aromatic heterocycles. The van der Waals surface area contributed by atoms with Crippen molar-refractivity contribution in [3.8, 4) is 5.75 Å². The Kier molecular flexibility index (Phi) is 11.4. The number of nitrogens with one attached hydrogen (secondary N) is 1. The van der Waals surface area contributed by atoms with Crippen LogP contribution in [0.15, 0.2) is 48.6 Å². The molecule has 2 heterocycles. The molecule has 48 heavy (non-hydrogen) atoms. The molecule has 0 unspecified atom stereocenters. The number of ether oxygens (including phenoxy) is 2. The number of methoxy groups -OCH3 is 1. The Morgan fingerprint density at radius 1 is 1.12 bits per heavy atom. The van der Waals surface area contributed by atoms with Gasteiger partial charge in [0.15, 0.2) is 5.60 Å². The first-order valence-corrected chi connectivity index (χ1v) is 18.8. The van der Waals surface area contributed by atoms with Gasteiger partial charge in [-0.05, 0) is 105 Å². The Hall–Kier alpha value is -3.12. The van der Waals surface area contributed by atoms with Crippen molar-refractivity contribution in [2.24, 2.45) is 11.8 Å². The first-order chi connectivity index (χ1) is 22.8. The molecule has 12 heteroatoms. The Balaban J connectivity index is 1.63. The zero-order chi connectivity index (χ0) is 34.6. The number of aliphatic hydroxyl groups is 1. The minimum atomic E-state index is -4.11. The quantitative estimate of drug-likeness (QED) is 0.429. The van der Waals surface area contributed by atoms with Crippen LogP contribution in [0.25, 0.3) is 0 Å². The van der Waals surface area contributed by atoms with E-state index in [1.807, 2.05) is 29.0 Å². The van der Waals surface area contributed by atoms with Crippen LogP contribution in [0.5, 0.6) is 5.75 Å². The van der Waals surface area contributed by atoms with Gasteiger partial charge in [0.1, 0.15) is 12.4 Å². The molecule has 0 radical (unpaired) electrons. The number of fused-ring (bicyclic) bond motifs is 3. The topological polar surface area (TPSA) is 125 Å². The van der Waals surface area contributed by atoms with Crippen molar-refractivity contribution in [1.29, 1.82) is 0 Å². The number of anilines is 1. The fourth-order valence-corrected chi connectivity index (χ4v) is 7.61. The van der Waals surface area contributed by atoms with Crippen molar-refractivity contribution in [2.75, 3.05) is 38.7 Å². The van der Waals surface area contributed by atoms with Gasteiger partial charge in [-0.2, -0.15) is 0 Å². The number of benzene rings is 2. The van der Waals surface area contributed by atoms with Gasteiger partial charge in [-0.25, -0.2) is 8.42 Å². The van der Waals surface area contributed by atoms with Crippen molar-refractivity contribution < 1.29 is 32.6 Å². The highest BCUT2D eigenvalue weighted by Crippen LogP contribution is 2.42. The number of carbonyl (C=O) groups excluding carboxylic acids is 2. The maximum absolute atomic E-state index is 13.8. The third-order valence-electron chi connectivity index (χ3n) is 10.1. The fourth-order valence-electron chi connectivity index (χ4n) is 6.75. The summed E-state index contributed by atoms with van der Waals surface area (Å²) in [5.41, 5.74) is 0.465. The highest BCUT2D eigenvalue weighted by Gasteiger charge is 2.44. The van der Waals surface area contributed by atoms with Gasteiger partial charge in [0.05, 0.1) is 23.5 Å². The molecule has 2 aromatic carbocycles. The number of amides is 2. The fraction of sp³-hybridized carbons (Fsp3) is 0.556. The van der Waals surface area contributed by atoms with E-state index in [4.69, 9.17) is 21.1 Å². The third kappa shape index (κ3) is 8.01. The molecule has 1 aliphatic carbocycles. The summed E-state index contributed by atoms with van der Waals surface area (Å²) in [6.45, 7) is 4.89. The number of rotatable bonds is 4. The number of sulfonamides is 1. The average molecular weight is 702 g/mol. The molecule has 2 bridgehead atoms. The van der Waals surface area contributed by atoms with Gasteiger partial charge in [0.2, 0.25) is 15.9 Å². The standard InChI is InChI=1S/C36H48ClN3O7S/c1-24(2)48(44,45)38-35(42)36(43)21-34(41)39(3)17-7-6-10-32(46-4)30-15-12-26(30)22-40-18-8-5-9-25-19-29(37)14-11-27(25)23-47-33-16-13-28(36)20-31(33)40/h6,10-11,13-14,16,19-20,24,26,30,32,43H,5,7-9,12,15,17-18,21-23H2,1-4H3,(H,38,42)/b10-6+/t26-,30+,32-,36+/m0/s1. The lowest BCUT2D eigenvalue weighted by Crippen LogP contribution is -2.51. The summed E-state index contributed by atoms with van der Waals surface area (Å²) in [4.78, 5) is 31.1. The van der Waals surface area contributed by atoms with E-state index in [-0.39, 0.29) is 18.3 Å². The third-order valence-corrected chi connectivity index (χ3v) is 12.0. The summed E-state index contributed by atoms with van der Waals surface area (Å²) in [6, 6.07) is 10.8. The maximum Gasteiger partial charge on any atom is 0.270 e. The molecule has 0 saturated heterocycles. The molecule has 262 valence electrons. The number of carbonyl (C=O) groups is 2. The monoisotopic (exact) mass is 701 g/mol. The molecule has 1 saturated carbocycles. The lowest BCUT2D eigenvalue weighted by molar-refractivity contribution is -0.148. The Labute approximate surface area is 289 Å². The molecule has 2 N–H and O–H groups in total. The summed E-state index contributed by atoms with van der Waals surface area (Å²) < 4.78 is 40.1. The van der Waals surface area contributed by atoms with E-state index in [0.717, 1.165) is 43.2 Å². The van der Waals surface area contributed by atoms with Crippen molar-refractivity contribution in [3.05, 3.63) is 70.3 Å². The summed E-state index contributed by atoms with van der Waals surface area (Å²) >= 11 is 6.35. The van der Waals surface area contributed by atoms with Gasteiger partial charge >= 0.3 is 0 Å². The zero-order valence-corrected chi connectivity index (χ0v) is 29.9. The van der Waals surface area contributed by atoms with Gasteiger partial charge in [0, 0.05) is 38.8 Å². The van der Waals surface area contributed by atoms with Gasteiger partial charge in [-0.15, -0.1) is 0 Å². The average Bonchev–Trinajstić information content (AvgIpc) is 3.06. The minimum absolute atomic E-state index is 0.0559. The van der Waals surface area contributed by atoms with Crippen LogP contribution in [0, 0.1) is 11.8 Å². The molecular formula is C36H48ClN3O7S. The normalized spacial score (nSPS) is 26.3. The highest BCUT2D eigenvalue weighted by atomic mass is 35.5. The smallest absolute Gasteiger partial charge is 0.270 e. The van der Waals surface area contributed by atoms with E-state index in [9.17, 15) is 23.1 Å². The van der Waals surface area contributed by atoms with Crippen LogP contribution in [0.3, 0.4) is 0 Å². The summed E-state index contributed by atoms with van der Waals surface area (Å²) in [5.74, 6) is -0.483. The van der Waals surface area contributed by atoms with Crippen molar-refractivity contribution in [2.45, 2.75) is 82.4 Å². The number of hydrogen-bond donors (Lipinski definition) is 2. The van der Waals surface area contributed by atoms with E-state index in [1.165, 1.54) is 18.7 Å². The lowest BCUT2D eigenvalue weighted by atomic mass is 9.70. The number of halogens is 1. The van der Waals surface area contributed by atoms with Crippen molar-refractivity contribution in [1.82, 2.24) is 9.62 Å². The molecule has 2 aliphatic heterocycles. The Morgan fingerprint density at radius 2 is 1.92 bits per heavy atom. The highest BCUT2D eigenvalue weighted by molar-refractivity contribution is 7.90. The van der Waals surface area contributed by atoms with E-state index in [2.05, 4.69) is 11.0 Å². The van der Waals surface area contributed by atoms with Crippen molar-refractivity contribution >= 4 is 39.1 Å². The zero-order valence-electron chi connectivity index (χ0n) is 28.3. The second-order valence-corrected chi connectivity index (χ2v) is 16.3. The van der Waals surface area contributed by atoms with Crippen LogP contribution < -0.4 is 14.4 Å². The molecule has 0 spiro atoms. The summed E-state index contributed by atoms with van der Waals surface area (Å²) in [5, 5.41) is 11.9. The lowest BCUT2D eigenvalue weighted by Gasteiger charge is -2.43. The van der Waals surface area contributed by atoms with E-state index >= 15 is 0 Å². The predicted octanol–water partition coefficient (Wildman–Crippen LogP) is 4.95. The Bertz CT molecular complexity index is 1630. The molecule has 4 atom stereocenters. The van der Waals surface area contributed by atoms with Crippen LogP contribution in [-0.4, -0.2) is 75.4 Å². The molecule has 3 aliphatic rings. The van der Waals surface area contributed by atoms with Crippen LogP contribution in [0.1, 0.15) is 69.1 Å². The van der Waals surface area contributed by atoms with Crippen LogP contribution in [0.4, 0.5) is 5.69 Å². The number of aryl methyl sites for hydroxylation is 1. The Morgan fingerprint density at radius 3 is 2.62 bits per heavy atom. The molecule has 2 aromatic rings. The summed E-state index contributed by atoms with van der Waals surface area (Å²) in [6.07, 6.45) is 8.63. The molecule has 2 amide bonds. The van der Waals surface area contributed by atoms with Crippen molar-refractivity contribution in [3.63, 3.8) is 0 Å². The van der Waals surface area contributed by atoms with E-state index < -0.39 is 39.1 Å². The van der Waals surface area contributed by atoms with E-state index in [0.29, 0.717) is 54.4 Å². The van der Waals surface area contributed by atoms with Crippen LogP contribution in [-0.2, 0) is 43.0 Å². The van der Waals surface area contributed by atoms with Crippen LogP contribution in [0.2, 0.25) is 5.02 Å². The number of hydrogen-bond acceptors (Lipinski definition) is 8. The van der Waals surface area contributed by atoms with E-state index in [1.54, 1.807) is 32.4 Å². The second-order valence-electron chi connectivity index (χ2n) is 13.6. The summed E-state index contributed by atoms with van der Waals surface area (Å²) in [7, 11) is -0.771. The van der Waals surface area contributed by atoms with Crippen LogP contribution >= 0.6 is 11.6 Å². The maximum atomic E-state index is 13.8. The first-order valence-electron chi connectivity index (χ1n) is 16.8. The SMILES string of the molecule is CO[C@H]1/C=C/CCN(C)C(=O)C[C@](O)(C(=O)NS(=O)(=O)C(C)C)c2ccc3c(c2)N(CCCCc2cc(Cl)ccc2CO3)C[C@@H]2CC[C@H]21. The molecule has 5 rings (SSSR count). The predicted molar refractivity (Wildman–Crippen MR) is 186 cm³/mol. The first kappa shape index (κ1) is 36.2. The van der Waals surface area contributed by atoms with Gasteiger partial charge in [-0.3, -0.25) is 14.3 Å². The second kappa shape index (κ2) is 15.2. The minimum Gasteiger partial charge on any atom is -0.487 e.